The van der Waals surface area contributed by atoms with Crippen LogP contribution in [0.2, 0.25) is 0 Å². The van der Waals surface area contributed by atoms with Crippen LogP contribution < -0.4 is 0 Å². The summed E-state index contributed by atoms with van der Waals surface area (Å²) in [6, 6.07) is 8.22. The molecule has 4 aromatic rings. The molecule has 0 aliphatic carbocycles. The number of carbonyl (C=O) groups is 4. The van der Waals surface area contributed by atoms with Crippen LogP contribution in [0.4, 0.5) is 0 Å². The minimum Gasteiger partial charge on any atom is -0.508 e. The average Bonchev–Trinajstić information content (AvgIpc) is 2.88. The highest BCUT2D eigenvalue weighted by Crippen LogP contribution is 2.41. The second-order valence-corrected chi connectivity index (χ2v) is 8.57. The monoisotopic (exact) mass is 546 g/mol. The van der Waals surface area contributed by atoms with Gasteiger partial charge in [-0.05, 0) is 59.7 Å². The third kappa shape index (κ3) is 5.04. The van der Waals surface area contributed by atoms with E-state index in [0.717, 1.165) is 48.5 Å². The molecule has 4 aromatic carbocycles. The van der Waals surface area contributed by atoms with Gasteiger partial charge in [0.05, 0.1) is 0 Å². The first-order valence-electron chi connectivity index (χ1n) is 11.1. The van der Waals surface area contributed by atoms with Gasteiger partial charge in [0.15, 0.2) is 23.0 Å². The van der Waals surface area contributed by atoms with Gasteiger partial charge in [0.1, 0.15) is 23.0 Å². The zero-order valence-electron chi connectivity index (χ0n) is 20.0. The molecule has 12 heteroatoms. The molecule has 4 rings (SSSR count). The van der Waals surface area contributed by atoms with Crippen LogP contribution in [-0.2, 0) is 0 Å². The maximum Gasteiger partial charge on any atom is 0.234 e. The van der Waals surface area contributed by atoms with Crippen molar-refractivity contribution in [2.45, 2.75) is 0 Å². The van der Waals surface area contributed by atoms with Gasteiger partial charge < -0.3 is 40.9 Å². The summed E-state index contributed by atoms with van der Waals surface area (Å²) in [5, 5.41) is 79.3. The van der Waals surface area contributed by atoms with Gasteiger partial charge in [0.2, 0.25) is 23.1 Å². The number of aromatic hydroxyl groups is 8. The first-order chi connectivity index (χ1) is 18.8. The molecule has 8 N–H and O–H groups in total. The molecule has 0 saturated carbocycles. The molecule has 0 spiro atoms. The summed E-state index contributed by atoms with van der Waals surface area (Å²) in [6.45, 7) is 0. The Hall–Kier alpha value is -6.04. The van der Waals surface area contributed by atoms with Crippen molar-refractivity contribution >= 4 is 23.1 Å². The van der Waals surface area contributed by atoms with E-state index in [0.29, 0.717) is 12.1 Å². The highest BCUT2D eigenvalue weighted by molar-refractivity contribution is 6.52. The van der Waals surface area contributed by atoms with Crippen LogP contribution in [-0.4, -0.2) is 64.0 Å². The summed E-state index contributed by atoms with van der Waals surface area (Å²) in [5.41, 5.74) is -3.06. The molecular weight excluding hydrogens is 528 g/mol. The van der Waals surface area contributed by atoms with Crippen LogP contribution >= 0.6 is 0 Å². The van der Waals surface area contributed by atoms with Crippen molar-refractivity contribution in [3.8, 4) is 57.1 Å². The minimum atomic E-state index is -1.36. The van der Waals surface area contributed by atoms with Crippen molar-refractivity contribution in [2.24, 2.45) is 0 Å². The number of ketones is 4. The van der Waals surface area contributed by atoms with Crippen molar-refractivity contribution in [1.82, 2.24) is 0 Å². The highest BCUT2D eigenvalue weighted by Gasteiger charge is 2.29. The Morgan fingerprint density at radius 1 is 0.350 bits per heavy atom. The van der Waals surface area contributed by atoms with E-state index >= 15 is 0 Å². The van der Waals surface area contributed by atoms with E-state index in [1.807, 2.05) is 0 Å². The lowest BCUT2D eigenvalue weighted by molar-refractivity contribution is 0.0815. The van der Waals surface area contributed by atoms with Crippen LogP contribution in [0.5, 0.6) is 46.0 Å². The van der Waals surface area contributed by atoms with Gasteiger partial charge >= 0.3 is 0 Å². The van der Waals surface area contributed by atoms with Crippen LogP contribution in [0.25, 0.3) is 11.1 Å². The Morgan fingerprint density at radius 3 is 0.925 bits per heavy atom. The molecule has 0 bridgehead atoms. The third-order valence-corrected chi connectivity index (χ3v) is 5.75. The molecule has 0 fully saturated rings. The van der Waals surface area contributed by atoms with E-state index in [-0.39, 0.29) is 0 Å². The van der Waals surface area contributed by atoms with Crippen molar-refractivity contribution in [3.63, 3.8) is 0 Å². The van der Waals surface area contributed by atoms with E-state index < -0.39 is 103 Å². The lowest BCUT2D eigenvalue weighted by Crippen LogP contribution is -2.18. The van der Waals surface area contributed by atoms with E-state index in [2.05, 4.69) is 0 Å². The Bertz CT molecular complexity index is 1580. The number of phenols is 8. The number of carbonyl (C=O) groups excluding carboxylic acids is 4. The molecule has 0 aliphatic heterocycles. The van der Waals surface area contributed by atoms with Gasteiger partial charge in [-0.25, -0.2) is 0 Å². The summed E-state index contributed by atoms with van der Waals surface area (Å²) in [7, 11) is 0. The SMILES string of the molecule is O=C(C(=O)c1cc(O)c(O)cc1-c1cc(O)c(O)cc1C(=O)C(=O)c1cc(O)cc(O)c1)c1cc(O)cc(O)c1. The van der Waals surface area contributed by atoms with Gasteiger partial charge in [-0.2, -0.15) is 0 Å². The normalized spacial score (nSPS) is 10.7. The lowest BCUT2D eigenvalue weighted by Gasteiger charge is -2.15. The third-order valence-electron chi connectivity index (χ3n) is 5.75. The lowest BCUT2D eigenvalue weighted by atomic mass is 9.87. The molecule has 202 valence electrons. The zero-order chi connectivity index (χ0) is 29.5. The van der Waals surface area contributed by atoms with E-state index in [1.54, 1.807) is 0 Å². The summed E-state index contributed by atoms with van der Waals surface area (Å²) < 4.78 is 0. The van der Waals surface area contributed by atoms with Gasteiger partial charge in [-0.1, -0.05) is 0 Å². The maximum atomic E-state index is 13.3. The molecular formula is C28H18O12. The van der Waals surface area contributed by atoms with Crippen molar-refractivity contribution in [3.05, 3.63) is 82.9 Å². The molecule has 12 nitrogen and oxygen atoms in total. The first kappa shape index (κ1) is 27.0. The fourth-order valence-corrected chi connectivity index (χ4v) is 3.93. The van der Waals surface area contributed by atoms with Crippen molar-refractivity contribution in [1.29, 1.82) is 0 Å². The Morgan fingerprint density at radius 2 is 0.625 bits per heavy atom. The highest BCUT2D eigenvalue weighted by atomic mass is 16.3. The first-order valence-corrected chi connectivity index (χ1v) is 11.1. The molecule has 0 amide bonds. The molecule has 0 aliphatic rings. The van der Waals surface area contributed by atoms with Gasteiger partial charge in [-0.3, -0.25) is 19.2 Å². The smallest absolute Gasteiger partial charge is 0.234 e. The standard InChI is InChI=1S/C28H18O12/c29-13-1-11(2-14(30)5-13)25(37)27(39)19-9-23(35)21(33)7-17(19)18-8-22(34)24(36)10-20(18)28(40)26(38)12-3-15(31)6-16(32)4-12/h1-10,29-36H. The fraction of sp³-hybridized carbons (Fsp3) is 0. The predicted octanol–water partition coefficient (Wildman–Crippen LogP) is 3.13. The second kappa shape index (κ2) is 10.0. The van der Waals surface area contributed by atoms with Gasteiger partial charge in [0.25, 0.3) is 0 Å². The summed E-state index contributed by atoms with van der Waals surface area (Å²) in [5.74, 6) is -10.9. The molecule has 0 unspecified atom stereocenters. The van der Waals surface area contributed by atoms with E-state index in [4.69, 9.17) is 0 Å². The topological polar surface area (TPSA) is 230 Å². The Balaban J connectivity index is 1.91. The molecule has 0 radical (unpaired) electrons. The Labute approximate surface area is 223 Å². The largest absolute Gasteiger partial charge is 0.508 e. The van der Waals surface area contributed by atoms with Crippen LogP contribution in [0.15, 0.2) is 60.7 Å². The number of rotatable bonds is 7. The van der Waals surface area contributed by atoms with Crippen molar-refractivity contribution in [2.75, 3.05) is 0 Å². The van der Waals surface area contributed by atoms with Crippen LogP contribution in [0.3, 0.4) is 0 Å². The number of hydrogen-bond donors (Lipinski definition) is 8. The summed E-state index contributed by atoms with van der Waals surface area (Å²) in [6.07, 6.45) is 0. The maximum absolute atomic E-state index is 13.3. The zero-order valence-corrected chi connectivity index (χ0v) is 20.0. The fourth-order valence-electron chi connectivity index (χ4n) is 3.93. The minimum absolute atomic E-state index is 0.441. The summed E-state index contributed by atoms with van der Waals surface area (Å²) >= 11 is 0. The van der Waals surface area contributed by atoms with Gasteiger partial charge in [-0.15, -0.1) is 0 Å². The van der Waals surface area contributed by atoms with Crippen LogP contribution in [0.1, 0.15) is 41.4 Å². The van der Waals surface area contributed by atoms with Gasteiger partial charge in [0, 0.05) is 34.4 Å². The van der Waals surface area contributed by atoms with Crippen molar-refractivity contribution < 1.29 is 60.0 Å². The molecule has 0 saturated heterocycles. The molecule has 0 atom stereocenters. The van der Waals surface area contributed by atoms with E-state index in [9.17, 15) is 60.0 Å². The second-order valence-electron chi connectivity index (χ2n) is 8.57. The van der Waals surface area contributed by atoms with Crippen LogP contribution in [0, 0.1) is 0 Å². The number of benzene rings is 4. The number of hydrogen-bond acceptors (Lipinski definition) is 12. The number of Topliss-reactive ketones (excluding diaryl/α,β-unsaturated/α-hetero) is 4. The molecule has 40 heavy (non-hydrogen) atoms. The Kier molecular flexibility index (Phi) is 6.77. The quantitative estimate of drug-likeness (QED) is 0.0949. The summed E-state index contributed by atoms with van der Waals surface area (Å²) in [4.78, 5) is 52.4. The van der Waals surface area contributed by atoms with E-state index in [1.165, 1.54) is 0 Å². The predicted molar refractivity (Wildman–Crippen MR) is 135 cm³/mol. The average molecular weight is 546 g/mol. The molecule has 0 aromatic heterocycles. The number of phenolic OH excluding ortho intramolecular Hbond substituents is 8. The molecule has 0 heterocycles.